The number of amides is 1. The van der Waals surface area contributed by atoms with Gasteiger partial charge in [0.25, 0.3) is 5.91 Å². The Bertz CT molecular complexity index is 834. The number of nitrogens with one attached hydrogen (secondary N) is 1. The summed E-state index contributed by atoms with van der Waals surface area (Å²) in [6.07, 6.45) is -1.08. The Morgan fingerprint density at radius 3 is 2.65 bits per heavy atom. The highest BCUT2D eigenvalue weighted by molar-refractivity contribution is 6.30. The highest BCUT2D eigenvalue weighted by Gasteiger charge is 2.59. The van der Waals surface area contributed by atoms with Crippen LogP contribution in [0.3, 0.4) is 0 Å². The van der Waals surface area contributed by atoms with Gasteiger partial charge in [-0.25, -0.2) is 0 Å². The van der Waals surface area contributed by atoms with Crippen LogP contribution in [0, 0.1) is 0 Å². The first-order chi connectivity index (χ1) is 11.1. The van der Waals surface area contributed by atoms with Gasteiger partial charge >= 0.3 is 0 Å². The molecule has 0 saturated heterocycles. The lowest BCUT2D eigenvalue weighted by Crippen LogP contribution is -2.54. The first-order valence-corrected chi connectivity index (χ1v) is 7.60. The number of likely N-dealkylation sites (N-methyl/N-ethyl adjacent to an activating group) is 1. The second kappa shape index (κ2) is 4.81. The maximum atomic E-state index is 12.8. The number of hydrogen-bond acceptors (Lipinski definition) is 4. The Hall–Kier alpha value is -2.37. The summed E-state index contributed by atoms with van der Waals surface area (Å²) in [7, 11) is 1.70. The minimum atomic E-state index is -1.26. The van der Waals surface area contributed by atoms with Gasteiger partial charge in [-0.2, -0.15) is 5.10 Å². The number of para-hydroxylation sites is 1. The molecule has 2 aromatic rings. The van der Waals surface area contributed by atoms with Crippen molar-refractivity contribution in [2.24, 2.45) is 5.10 Å². The summed E-state index contributed by atoms with van der Waals surface area (Å²) in [5.74, 6) is -0.223. The van der Waals surface area contributed by atoms with E-state index in [9.17, 15) is 9.90 Å². The molecule has 0 saturated carbocycles. The van der Waals surface area contributed by atoms with Crippen molar-refractivity contribution in [2.75, 3.05) is 11.9 Å². The molecule has 6 heteroatoms. The number of carbonyl (C=O) groups is 1. The molecule has 0 fully saturated rings. The number of fused-ring (bicyclic) bond motifs is 2. The molecule has 0 radical (unpaired) electrons. The molecule has 23 heavy (non-hydrogen) atoms. The summed E-state index contributed by atoms with van der Waals surface area (Å²) in [6, 6.07) is 14.4. The van der Waals surface area contributed by atoms with Gasteiger partial charge in [0, 0.05) is 28.9 Å². The van der Waals surface area contributed by atoms with Crippen LogP contribution in [0.2, 0.25) is 5.02 Å². The summed E-state index contributed by atoms with van der Waals surface area (Å²) in [5.41, 5.74) is 4.29. The van der Waals surface area contributed by atoms with Gasteiger partial charge in [-0.3, -0.25) is 10.2 Å². The number of halogens is 1. The molecule has 1 spiro atoms. The topological polar surface area (TPSA) is 64.9 Å². The number of nitrogens with zero attached hydrogens (tertiary/aromatic N) is 2. The summed E-state index contributed by atoms with van der Waals surface area (Å²) < 4.78 is 0. The summed E-state index contributed by atoms with van der Waals surface area (Å²) in [6.45, 7) is 0. The van der Waals surface area contributed by atoms with Crippen LogP contribution in [0.15, 0.2) is 53.6 Å². The fraction of sp³-hybridized carbons (Fsp3) is 0.176. The normalized spacial score (nSPS) is 25.5. The molecule has 2 heterocycles. The Morgan fingerprint density at radius 2 is 1.91 bits per heavy atom. The van der Waals surface area contributed by atoms with Gasteiger partial charge in [-0.05, 0) is 18.2 Å². The quantitative estimate of drug-likeness (QED) is 0.840. The maximum Gasteiger partial charge on any atom is 0.261 e. The van der Waals surface area contributed by atoms with Crippen molar-refractivity contribution in [1.82, 2.24) is 5.43 Å². The van der Waals surface area contributed by atoms with E-state index in [1.807, 2.05) is 24.3 Å². The lowest BCUT2D eigenvalue weighted by Gasteiger charge is -2.26. The van der Waals surface area contributed by atoms with E-state index in [0.717, 1.165) is 16.8 Å². The van der Waals surface area contributed by atoms with Gasteiger partial charge in [0.05, 0.1) is 5.71 Å². The molecule has 2 N–H and O–H groups in total. The Labute approximate surface area is 138 Å². The van der Waals surface area contributed by atoms with E-state index in [1.165, 1.54) is 0 Å². The lowest BCUT2D eigenvalue weighted by atomic mass is 9.83. The number of aliphatic hydroxyl groups excluding tert-OH is 1. The molecule has 0 bridgehead atoms. The third-order valence-corrected chi connectivity index (χ3v) is 4.75. The van der Waals surface area contributed by atoms with Crippen molar-refractivity contribution in [3.05, 3.63) is 64.7 Å². The molecule has 5 nitrogen and oxygen atoms in total. The average Bonchev–Trinajstić information content (AvgIpc) is 3.02. The van der Waals surface area contributed by atoms with Crippen molar-refractivity contribution in [3.63, 3.8) is 0 Å². The van der Waals surface area contributed by atoms with Gasteiger partial charge in [-0.1, -0.05) is 41.9 Å². The Kier molecular flexibility index (Phi) is 2.98. The third-order valence-electron chi connectivity index (χ3n) is 4.49. The lowest BCUT2D eigenvalue weighted by molar-refractivity contribution is -0.126. The SMILES string of the molecule is CN1C(=O)C2(NN=C(c3ccc(Cl)cc3)C2O)c2ccccc21. The third kappa shape index (κ3) is 1.77. The van der Waals surface area contributed by atoms with Crippen LogP contribution in [0.1, 0.15) is 11.1 Å². The zero-order chi connectivity index (χ0) is 16.2. The first kappa shape index (κ1) is 14.2. The van der Waals surface area contributed by atoms with Gasteiger partial charge in [0.15, 0.2) is 5.54 Å². The second-order valence-corrected chi connectivity index (χ2v) is 6.14. The minimum Gasteiger partial charge on any atom is -0.383 e. The zero-order valence-electron chi connectivity index (χ0n) is 12.3. The van der Waals surface area contributed by atoms with Crippen molar-refractivity contribution in [3.8, 4) is 0 Å². The van der Waals surface area contributed by atoms with Crippen molar-refractivity contribution < 1.29 is 9.90 Å². The summed E-state index contributed by atoms with van der Waals surface area (Å²) in [4.78, 5) is 14.4. The fourth-order valence-corrected chi connectivity index (χ4v) is 3.41. The van der Waals surface area contributed by atoms with Crippen LogP contribution in [0.4, 0.5) is 5.69 Å². The Balaban J connectivity index is 1.81. The molecule has 116 valence electrons. The van der Waals surface area contributed by atoms with Crippen LogP contribution in [-0.4, -0.2) is 29.9 Å². The predicted octanol–water partition coefficient (Wildman–Crippen LogP) is 1.88. The second-order valence-electron chi connectivity index (χ2n) is 5.71. The molecule has 4 rings (SSSR count). The van der Waals surface area contributed by atoms with E-state index in [0.29, 0.717) is 10.7 Å². The van der Waals surface area contributed by atoms with E-state index in [1.54, 1.807) is 36.2 Å². The molecular formula is C17H14ClN3O2. The average molecular weight is 328 g/mol. The number of rotatable bonds is 1. The molecule has 2 aliphatic rings. The van der Waals surface area contributed by atoms with Crippen molar-refractivity contribution >= 4 is 28.9 Å². The van der Waals surface area contributed by atoms with Crippen molar-refractivity contribution in [2.45, 2.75) is 11.6 Å². The number of hydrazone groups is 1. The molecule has 2 aliphatic heterocycles. The van der Waals surface area contributed by atoms with Gasteiger partial charge in [-0.15, -0.1) is 0 Å². The zero-order valence-corrected chi connectivity index (χ0v) is 13.1. The van der Waals surface area contributed by atoms with Crippen LogP contribution >= 0.6 is 11.6 Å². The van der Waals surface area contributed by atoms with Crippen LogP contribution < -0.4 is 10.3 Å². The fourth-order valence-electron chi connectivity index (χ4n) is 3.28. The molecule has 0 aliphatic carbocycles. The number of aliphatic hydroxyl groups is 1. The number of carbonyl (C=O) groups excluding carboxylic acids is 1. The summed E-state index contributed by atoms with van der Waals surface area (Å²) >= 11 is 5.91. The molecule has 1 amide bonds. The predicted molar refractivity (Wildman–Crippen MR) is 88.7 cm³/mol. The van der Waals surface area contributed by atoms with Gasteiger partial charge in [0.2, 0.25) is 0 Å². The smallest absolute Gasteiger partial charge is 0.261 e. The number of anilines is 1. The van der Waals surface area contributed by atoms with Crippen LogP contribution in [-0.2, 0) is 10.3 Å². The van der Waals surface area contributed by atoms with Crippen LogP contribution in [0.5, 0.6) is 0 Å². The molecule has 2 atom stereocenters. The highest BCUT2D eigenvalue weighted by Crippen LogP contribution is 2.44. The van der Waals surface area contributed by atoms with E-state index >= 15 is 0 Å². The summed E-state index contributed by atoms with van der Waals surface area (Å²) in [5, 5.41) is 15.8. The molecule has 2 unspecified atom stereocenters. The number of benzene rings is 2. The van der Waals surface area contributed by atoms with Crippen molar-refractivity contribution in [1.29, 1.82) is 0 Å². The molecule has 0 aromatic heterocycles. The first-order valence-electron chi connectivity index (χ1n) is 7.22. The highest BCUT2D eigenvalue weighted by atomic mass is 35.5. The maximum absolute atomic E-state index is 12.8. The van der Waals surface area contributed by atoms with E-state index in [-0.39, 0.29) is 5.91 Å². The van der Waals surface area contributed by atoms with E-state index < -0.39 is 11.6 Å². The molecule has 2 aromatic carbocycles. The monoisotopic (exact) mass is 327 g/mol. The van der Waals surface area contributed by atoms with E-state index in [2.05, 4.69) is 10.5 Å². The largest absolute Gasteiger partial charge is 0.383 e. The molecular weight excluding hydrogens is 314 g/mol. The van der Waals surface area contributed by atoms with Gasteiger partial charge < -0.3 is 10.0 Å². The standard InChI is InChI=1S/C17H14ClN3O2/c1-21-13-5-3-2-4-12(13)17(16(21)23)15(22)14(19-20-17)10-6-8-11(18)9-7-10/h2-9,15,20,22H,1H3. The van der Waals surface area contributed by atoms with E-state index in [4.69, 9.17) is 11.6 Å². The van der Waals surface area contributed by atoms with Crippen LogP contribution in [0.25, 0.3) is 0 Å². The van der Waals surface area contributed by atoms with Gasteiger partial charge in [0.1, 0.15) is 6.10 Å². The Morgan fingerprint density at radius 1 is 1.22 bits per heavy atom. The minimum absolute atomic E-state index is 0.223. The number of hydrogen-bond donors (Lipinski definition) is 2.